The molecule has 1 aromatic rings. The Morgan fingerprint density at radius 1 is 1.44 bits per heavy atom. The van der Waals surface area contributed by atoms with Crippen LogP contribution in [-0.2, 0) is 0 Å². The van der Waals surface area contributed by atoms with E-state index in [1.54, 1.807) is 0 Å². The molecule has 0 saturated carbocycles. The van der Waals surface area contributed by atoms with Crippen molar-refractivity contribution >= 4 is 22.4 Å². The Morgan fingerprint density at radius 3 is 2.75 bits per heavy atom. The number of ether oxygens (including phenoxy) is 1. The van der Waals surface area contributed by atoms with Crippen molar-refractivity contribution in [1.82, 2.24) is 4.37 Å². The lowest BCUT2D eigenvalue weighted by atomic mass is 10.1. The Labute approximate surface area is 101 Å². The predicted octanol–water partition coefficient (Wildman–Crippen LogP) is 3.11. The second-order valence-corrected chi connectivity index (χ2v) is 4.47. The molecule has 4 nitrogen and oxygen atoms in total. The van der Waals surface area contributed by atoms with Gasteiger partial charge in [-0.25, -0.2) is 0 Å². The molecule has 5 heteroatoms. The summed E-state index contributed by atoms with van der Waals surface area (Å²) in [4.78, 5) is 0. The van der Waals surface area contributed by atoms with Crippen molar-refractivity contribution in [2.75, 3.05) is 17.7 Å². The molecule has 1 aromatic heterocycles. The lowest BCUT2D eigenvalue weighted by Gasteiger charge is -2.16. The van der Waals surface area contributed by atoms with E-state index < -0.39 is 0 Å². The average Bonchev–Trinajstić information content (AvgIpc) is 2.61. The summed E-state index contributed by atoms with van der Waals surface area (Å²) in [7, 11) is 0. The summed E-state index contributed by atoms with van der Waals surface area (Å²) in [6.07, 6.45) is 3.42. The van der Waals surface area contributed by atoms with Crippen LogP contribution in [0.5, 0.6) is 5.75 Å². The highest BCUT2D eigenvalue weighted by molar-refractivity contribution is 7.11. The first-order chi connectivity index (χ1) is 7.72. The van der Waals surface area contributed by atoms with Gasteiger partial charge in [0.05, 0.1) is 6.61 Å². The molecule has 0 fully saturated rings. The smallest absolute Gasteiger partial charge is 0.197 e. The van der Waals surface area contributed by atoms with Gasteiger partial charge in [0, 0.05) is 6.04 Å². The van der Waals surface area contributed by atoms with Crippen LogP contribution >= 0.6 is 11.5 Å². The van der Waals surface area contributed by atoms with E-state index in [4.69, 9.17) is 10.5 Å². The van der Waals surface area contributed by atoms with Crippen molar-refractivity contribution in [3.63, 3.8) is 0 Å². The minimum absolute atomic E-state index is 0.476. The predicted molar refractivity (Wildman–Crippen MR) is 70.3 cm³/mol. The van der Waals surface area contributed by atoms with Gasteiger partial charge in [0.25, 0.3) is 0 Å². The van der Waals surface area contributed by atoms with Crippen molar-refractivity contribution in [2.24, 2.45) is 0 Å². The van der Waals surface area contributed by atoms with Gasteiger partial charge in [-0.05, 0) is 31.3 Å². The van der Waals surface area contributed by atoms with Crippen LogP contribution < -0.4 is 15.8 Å². The SMILES string of the molecule is CCCC(CC)Nc1snc(N)c1OCC. The second-order valence-electron chi connectivity index (χ2n) is 3.70. The van der Waals surface area contributed by atoms with Crippen LogP contribution in [0.15, 0.2) is 0 Å². The Balaban J connectivity index is 2.71. The van der Waals surface area contributed by atoms with Crippen molar-refractivity contribution in [3.05, 3.63) is 0 Å². The summed E-state index contributed by atoms with van der Waals surface area (Å²) in [5.41, 5.74) is 5.75. The van der Waals surface area contributed by atoms with E-state index in [2.05, 4.69) is 23.5 Å². The maximum absolute atomic E-state index is 5.75. The minimum Gasteiger partial charge on any atom is -0.487 e. The number of nitrogens with two attached hydrogens (primary N) is 1. The molecule has 0 aliphatic rings. The minimum atomic E-state index is 0.476. The van der Waals surface area contributed by atoms with Crippen LogP contribution in [0.2, 0.25) is 0 Å². The second kappa shape index (κ2) is 6.58. The fourth-order valence-corrected chi connectivity index (χ4v) is 2.32. The quantitative estimate of drug-likeness (QED) is 0.772. The maximum atomic E-state index is 5.75. The van der Waals surface area contributed by atoms with Gasteiger partial charge in [0.2, 0.25) is 0 Å². The summed E-state index contributed by atoms with van der Waals surface area (Å²) in [5, 5.41) is 4.41. The van der Waals surface area contributed by atoms with Gasteiger partial charge < -0.3 is 15.8 Å². The van der Waals surface area contributed by atoms with Crippen molar-refractivity contribution in [2.45, 2.75) is 46.1 Å². The van der Waals surface area contributed by atoms with Gasteiger partial charge in [-0.1, -0.05) is 20.3 Å². The molecule has 1 unspecified atom stereocenters. The normalized spacial score (nSPS) is 12.4. The molecule has 3 N–H and O–H groups in total. The first kappa shape index (κ1) is 13.1. The first-order valence-electron chi connectivity index (χ1n) is 5.87. The standard InChI is InChI=1S/C11H21N3OS/c1-4-7-8(5-2)13-11-9(15-6-3)10(12)14-16-11/h8,13H,4-7H2,1-3H3,(H2,12,14). The molecule has 1 atom stereocenters. The van der Waals surface area contributed by atoms with Crippen molar-refractivity contribution < 1.29 is 4.74 Å². The molecule has 0 spiro atoms. The van der Waals surface area contributed by atoms with Crippen LogP contribution in [0.25, 0.3) is 0 Å². The topological polar surface area (TPSA) is 60.2 Å². The van der Waals surface area contributed by atoms with Gasteiger partial charge in [0.1, 0.15) is 0 Å². The van der Waals surface area contributed by atoms with Gasteiger partial charge in [-0.15, -0.1) is 0 Å². The van der Waals surface area contributed by atoms with E-state index in [9.17, 15) is 0 Å². The van der Waals surface area contributed by atoms with Crippen molar-refractivity contribution in [1.29, 1.82) is 0 Å². The van der Waals surface area contributed by atoms with Gasteiger partial charge in [0.15, 0.2) is 16.6 Å². The van der Waals surface area contributed by atoms with Gasteiger partial charge >= 0.3 is 0 Å². The Morgan fingerprint density at radius 2 is 2.19 bits per heavy atom. The third-order valence-electron chi connectivity index (χ3n) is 2.43. The molecular weight excluding hydrogens is 222 g/mol. The molecule has 0 bridgehead atoms. The van der Waals surface area contributed by atoms with Crippen LogP contribution in [0, 0.1) is 0 Å². The number of nitrogens with one attached hydrogen (secondary N) is 1. The lowest BCUT2D eigenvalue weighted by molar-refractivity contribution is 0.344. The number of aromatic nitrogens is 1. The van der Waals surface area contributed by atoms with Gasteiger partial charge in [-0.3, -0.25) is 0 Å². The van der Waals surface area contributed by atoms with Crippen LogP contribution in [0.1, 0.15) is 40.0 Å². The van der Waals surface area contributed by atoms with Crippen LogP contribution in [0.4, 0.5) is 10.8 Å². The molecule has 16 heavy (non-hydrogen) atoms. The molecule has 0 aliphatic heterocycles. The molecule has 1 heterocycles. The van der Waals surface area contributed by atoms with Gasteiger partial charge in [-0.2, -0.15) is 4.37 Å². The Kier molecular flexibility index (Phi) is 5.38. The summed E-state index contributed by atoms with van der Waals surface area (Å²) < 4.78 is 9.61. The molecule has 0 aliphatic carbocycles. The first-order valence-corrected chi connectivity index (χ1v) is 6.64. The number of nitrogens with zero attached hydrogens (tertiary/aromatic N) is 1. The summed E-state index contributed by atoms with van der Waals surface area (Å²) >= 11 is 1.37. The van der Waals surface area contributed by atoms with Crippen LogP contribution in [-0.4, -0.2) is 17.0 Å². The van der Waals surface area contributed by atoms with Crippen molar-refractivity contribution in [3.8, 4) is 5.75 Å². The molecule has 0 aromatic carbocycles. The zero-order valence-corrected chi connectivity index (χ0v) is 11.1. The lowest BCUT2D eigenvalue weighted by Crippen LogP contribution is -2.17. The van der Waals surface area contributed by atoms with E-state index in [0.29, 0.717) is 24.2 Å². The molecule has 0 radical (unpaired) electrons. The highest BCUT2D eigenvalue weighted by Crippen LogP contribution is 2.36. The zero-order valence-electron chi connectivity index (χ0n) is 10.2. The number of rotatable bonds is 7. The number of nitrogen functional groups attached to an aromatic ring is 1. The molecule has 92 valence electrons. The largest absolute Gasteiger partial charge is 0.487 e. The Hall–Kier alpha value is -0.970. The fourth-order valence-electron chi connectivity index (χ4n) is 1.58. The fraction of sp³-hybridized carbons (Fsp3) is 0.727. The monoisotopic (exact) mass is 243 g/mol. The van der Waals surface area contributed by atoms with E-state index in [0.717, 1.165) is 17.8 Å². The van der Waals surface area contributed by atoms with E-state index in [1.807, 2.05) is 6.92 Å². The maximum Gasteiger partial charge on any atom is 0.197 e. The molecular formula is C11H21N3OS. The summed E-state index contributed by atoms with van der Waals surface area (Å²) in [6, 6.07) is 0.476. The molecule has 0 amide bonds. The van der Waals surface area contributed by atoms with E-state index >= 15 is 0 Å². The third-order valence-corrected chi connectivity index (χ3v) is 3.20. The van der Waals surface area contributed by atoms with E-state index in [1.165, 1.54) is 18.0 Å². The Bertz CT molecular complexity index is 314. The number of hydrogen-bond acceptors (Lipinski definition) is 5. The van der Waals surface area contributed by atoms with E-state index in [-0.39, 0.29) is 0 Å². The number of hydrogen-bond donors (Lipinski definition) is 2. The summed E-state index contributed by atoms with van der Waals surface area (Å²) in [5.74, 6) is 1.20. The molecule has 0 saturated heterocycles. The highest BCUT2D eigenvalue weighted by Gasteiger charge is 2.15. The summed E-state index contributed by atoms with van der Waals surface area (Å²) in [6.45, 7) is 6.93. The highest BCUT2D eigenvalue weighted by atomic mass is 32.1. The molecule has 1 rings (SSSR count). The average molecular weight is 243 g/mol. The third kappa shape index (κ3) is 3.27. The number of anilines is 2. The zero-order chi connectivity index (χ0) is 12.0. The van der Waals surface area contributed by atoms with Crippen LogP contribution in [0.3, 0.4) is 0 Å².